The van der Waals surface area contributed by atoms with Crippen molar-refractivity contribution in [3.05, 3.63) is 76.7 Å². The molecule has 5 rings (SSSR count). The minimum atomic E-state index is -0.636. The van der Waals surface area contributed by atoms with Gasteiger partial charge in [-0.1, -0.05) is 6.07 Å². The normalized spacial score (nSPS) is 22.1. The van der Waals surface area contributed by atoms with E-state index in [0.29, 0.717) is 18.6 Å². The maximum absolute atomic E-state index is 15.5. The highest BCUT2D eigenvalue weighted by Gasteiger charge is 2.32. The summed E-state index contributed by atoms with van der Waals surface area (Å²) in [5.74, 6) is -0.313. The Morgan fingerprint density at radius 2 is 1.91 bits per heavy atom. The summed E-state index contributed by atoms with van der Waals surface area (Å²) in [6.45, 7) is 0. The van der Waals surface area contributed by atoms with Crippen molar-refractivity contribution < 1.29 is 13.6 Å². The van der Waals surface area contributed by atoms with Crippen LogP contribution < -0.4 is 11.1 Å². The molecule has 3 unspecified atom stereocenters. The standard InChI is InChI=1S/C28H30F2N4O/c1-32-26-14-33-7-6-23(26)19-8-16(10-21(31)12-19)9-20-11-18(17-2-3-17)13-25(30)27(20)28-24(29)5-4-22(15-35)34-28/h4-7,11,13-17,19,21,32H,2-3,8-10,12,31H2,1H3. The molecule has 35 heavy (non-hydrogen) atoms. The molecule has 5 nitrogen and oxygen atoms in total. The number of carbonyl (C=O) groups excluding carboxylic acids is 1. The van der Waals surface area contributed by atoms with Crippen LogP contribution in [-0.2, 0) is 6.42 Å². The molecule has 0 spiro atoms. The number of hydrogen-bond acceptors (Lipinski definition) is 5. The summed E-state index contributed by atoms with van der Waals surface area (Å²) in [4.78, 5) is 19.7. The average Bonchev–Trinajstić information content (AvgIpc) is 3.70. The highest BCUT2D eigenvalue weighted by atomic mass is 19.1. The van der Waals surface area contributed by atoms with Crippen molar-refractivity contribution in [2.24, 2.45) is 11.7 Å². The zero-order valence-corrected chi connectivity index (χ0v) is 19.8. The first-order valence-corrected chi connectivity index (χ1v) is 12.3. The summed E-state index contributed by atoms with van der Waals surface area (Å²) in [6.07, 6.45) is 9.41. The molecule has 3 N–H and O–H groups in total. The van der Waals surface area contributed by atoms with E-state index < -0.39 is 11.6 Å². The minimum Gasteiger partial charge on any atom is -0.387 e. The van der Waals surface area contributed by atoms with E-state index in [4.69, 9.17) is 5.73 Å². The van der Waals surface area contributed by atoms with Crippen molar-refractivity contribution in [3.63, 3.8) is 0 Å². The van der Waals surface area contributed by atoms with Crippen LogP contribution in [0, 0.1) is 17.6 Å². The predicted molar refractivity (Wildman–Crippen MR) is 132 cm³/mol. The van der Waals surface area contributed by atoms with E-state index in [1.54, 1.807) is 6.20 Å². The Morgan fingerprint density at radius 1 is 1.09 bits per heavy atom. The van der Waals surface area contributed by atoms with Crippen LogP contribution in [0.2, 0.25) is 0 Å². The molecule has 0 amide bonds. The van der Waals surface area contributed by atoms with E-state index in [0.717, 1.165) is 48.9 Å². The second-order valence-electron chi connectivity index (χ2n) is 9.94. The van der Waals surface area contributed by atoms with E-state index in [1.165, 1.54) is 23.8 Å². The summed E-state index contributed by atoms with van der Waals surface area (Å²) in [6, 6.07) is 8.07. The fraction of sp³-hybridized carbons (Fsp3) is 0.393. The Balaban J connectivity index is 1.52. The van der Waals surface area contributed by atoms with Crippen molar-refractivity contribution in [1.29, 1.82) is 0 Å². The minimum absolute atomic E-state index is 0.0183. The molecule has 182 valence electrons. The van der Waals surface area contributed by atoms with Gasteiger partial charge in [0, 0.05) is 24.8 Å². The highest BCUT2D eigenvalue weighted by Crippen LogP contribution is 2.44. The van der Waals surface area contributed by atoms with Gasteiger partial charge in [0.25, 0.3) is 0 Å². The Morgan fingerprint density at radius 3 is 2.66 bits per heavy atom. The topological polar surface area (TPSA) is 80.9 Å². The maximum atomic E-state index is 15.5. The van der Waals surface area contributed by atoms with Gasteiger partial charge in [-0.25, -0.2) is 13.8 Å². The number of aldehydes is 1. The number of hydrogen-bond donors (Lipinski definition) is 2. The first-order valence-electron chi connectivity index (χ1n) is 12.3. The Kier molecular flexibility index (Phi) is 6.60. The van der Waals surface area contributed by atoms with Crippen LogP contribution in [0.15, 0.2) is 42.7 Å². The number of rotatable bonds is 7. The lowest BCUT2D eigenvalue weighted by Crippen LogP contribution is -2.33. The van der Waals surface area contributed by atoms with E-state index in [2.05, 4.69) is 15.3 Å². The molecule has 2 aromatic heterocycles. The molecule has 0 radical (unpaired) electrons. The number of nitrogens with two attached hydrogens (primary N) is 1. The highest BCUT2D eigenvalue weighted by molar-refractivity contribution is 5.75. The van der Waals surface area contributed by atoms with Gasteiger partial charge in [0.1, 0.15) is 23.0 Å². The van der Waals surface area contributed by atoms with E-state index in [9.17, 15) is 9.18 Å². The third-order valence-electron chi connectivity index (χ3n) is 7.38. The fourth-order valence-electron chi connectivity index (χ4n) is 5.65. The molecule has 7 heteroatoms. The van der Waals surface area contributed by atoms with Gasteiger partial charge in [0.15, 0.2) is 6.29 Å². The van der Waals surface area contributed by atoms with Gasteiger partial charge in [0.2, 0.25) is 0 Å². The summed E-state index contributed by atoms with van der Waals surface area (Å²) in [5, 5.41) is 3.22. The zero-order chi connectivity index (χ0) is 24.5. The monoisotopic (exact) mass is 476 g/mol. The molecule has 2 aliphatic carbocycles. The number of nitrogens with one attached hydrogen (secondary N) is 1. The molecule has 3 atom stereocenters. The number of halogens is 2. The predicted octanol–water partition coefficient (Wildman–Crippen LogP) is 5.61. The van der Waals surface area contributed by atoms with Crippen molar-refractivity contribution >= 4 is 12.0 Å². The third-order valence-corrected chi connectivity index (χ3v) is 7.38. The second-order valence-corrected chi connectivity index (χ2v) is 9.94. The van der Waals surface area contributed by atoms with Gasteiger partial charge in [-0.15, -0.1) is 0 Å². The van der Waals surface area contributed by atoms with Crippen LogP contribution >= 0.6 is 0 Å². The fourth-order valence-corrected chi connectivity index (χ4v) is 5.65. The van der Waals surface area contributed by atoms with Gasteiger partial charge in [0.05, 0.1) is 11.9 Å². The molecule has 0 aliphatic heterocycles. The van der Waals surface area contributed by atoms with E-state index >= 15 is 4.39 Å². The summed E-state index contributed by atoms with van der Waals surface area (Å²) < 4.78 is 30.4. The molecular weight excluding hydrogens is 446 g/mol. The van der Waals surface area contributed by atoms with Crippen LogP contribution in [-0.4, -0.2) is 29.3 Å². The number of anilines is 1. The molecule has 2 aliphatic rings. The zero-order valence-electron chi connectivity index (χ0n) is 19.8. The summed E-state index contributed by atoms with van der Waals surface area (Å²) in [7, 11) is 1.88. The largest absolute Gasteiger partial charge is 0.387 e. The number of nitrogens with zero attached hydrogens (tertiary/aromatic N) is 2. The van der Waals surface area contributed by atoms with E-state index in [1.807, 2.05) is 25.4 Å². The second kappa shape index (κ2) is 9.82. The molecule has 2 heterocycles. The van der Waals surface area contributed by atoms with Gasteiger partial charge < -0.3 is 11.1 Å². The molecule has 0 bridgehead atoms. The number of pyridine rings is 2. The molecule has 1 aromatic carbocycles. The first-order chi connectivity index (χ1) is 17.0. The van der Waals surface area contributed by atoms with Gasteiger partial charge in [-0.05, 0) is 97.2 Å². The molecule has 2 saturated carbocycles. The van der Waals surface area contributed by atoms with Crippen LogP contribution in [0.1, 0.15) is 71.1 Å². The van der Waals surface area contributed by atoms with Gasteiger partial charge in [-0.2, -0.15) is 0 Å². The molecule has 0 saturated heterocycles. The Bertz CT molecular complexity index is 1240. The average molecular weight is 477 g/mol. The van der Waals surface area contributed by atoms with Crippen molar-refractivity contribution in [1.82, 2.24) is 9.97 Å². The Labute approximate surface area is 204 Å². The first kappa shape index (κ1) is 23.5. The summed E-state index contributed by atoms with van der Waals surface area (Å²) >= 11 is 0. The van der Waals surface area contributed by atoms with Gasteiger partial charge in [-0.3, -0.25) is 9.78 Å². The van der Waals surface area contributed by atoms with Crippen LogP contribution in [0.4, 0.5) is 14.5 Å². The smallest absolute Gasteiger partial charge is 0.168 e. The lowest BCUT2D eigenvalue weighted by Gasteiger charge is -2.34. The lowest BCUT2D eigenvalue weighted by atomic mass is 9.73. The van der Waals surface area contributed by atoms with Gasteiger partial charge >= 0.3 is 0 Å². The summed E-state index contributed by atoms with van der Waals surface area (Å²) in [5.41, 5.74) is 10.5. The Hall–Kier alpha value is -3.19. The number of benzene rings is 1. The number of carbonyl (C=O) groups is 1. The van der Waals surface area contributed by atoms with Crippen molar-refractivity contribution in [2.45, 2.75) is 56.4 Å². The number of aromatic nitrogens is 2. The van der Waals surface area contributed by atoms with Crippen molar-refractivity contribution in [3.8, 4) is 11.3 Å². The molecular formula is C28H30F2N4O. The van der Waals surface area contributed by atoms with Crippen molar-refractivity contribution in [2.75, 3.05) is 12.4 Å². The molecule has 2 fully saturated rings. The lowest BCUT2D eigenvalue weighted by molar-refractivity contribution is 0.111. The maximum Gasteiger partial charge on any atom is 0.168 e. The quantitative estimate of drug-likeness (QED) is 0.434. The SMILES string of the molecule is CNc1cnccc1C1CC(N)CC(Cc2cc(C3CC3)cc(F)c2-c2nc(C=O)ccc2F)C1. The van der Waals surface area contributed by atoms with Crippen LogP contribution in [0.5, 0.6) is 0 Å². The third kappa shape index (κ3) is 4.96. The van der Waals surface area contributed by atoms with Crippen LogP contribution in [0.25, 0.3) is 11.3 Å². The van der Waals surface area contributed by atoms with Crippen LogP contribution in [0.3, 0.4) is 0 Å². The molecule has 3 aromatic rings. The van der Waals surface area contributed by atoms with E-state index in [-0.39, 0.29) is 34.8 Å².